The van der Waals surface area contributed by atoms with Crippen LogP contribution in [0, 0.1) is 0 Å². The van der Waals surface area contributed by atoms with Crippen LogP contribution in [0.25, 0.3) is 10.9 Å². The van der Waals surface area contributed by atoms with E-state index in [1.54, 1.807) is 0 Å². The van der Waals surface area contributed by atoms with Crippen LogP contribution >= 0.6 is 0 Å². The van der Waals surface area contributed by atoms with Crippen molar-refractivity contribution in [3.63, 3.8) is 0 Å². The second-order valence-electron chi connectivity index (χ2n) is 8.80. The number of hydrogen-bond donors (Lipinski definition) is 3. The van der Waals surface area contributed by atoms with Gasteiger partial charge in [0.2, 0.25) is 5.95 Å². The van der Waals surface area contributed by atoms with Gasteiger partial charge in [0, 0.05) is 48.0 Å². The molecule has 0 bridgehead atoms. The lowest BCUT2D eigenvalue weighted by Gasteiger charge is -2.23. The molecule has 6 heteroatoms. The Hall–Kier alpha value is -3.54. The summed E-state index contributed by atoms with van der Waals surface area (Å²) in [6.07, 6.45) is 8.48. The SMILES string of the molecule is CCNc1cc(NC2CCCCC2)nc(Nc2ccc3c(ccn3Cc3ccccc3)c2)n1. The Balaban J connectivity index is 1.35. The highest BCUT2D eigenvalue weighted by atomic mass is 15.2. The molecule has 5 rings (SSSR count). The highest BCUT2D eigenvalue weighted by Gasteiger charge is 2.15. The lowest BCUT2D eigenvalue weighted by molar-refractivity contribution is 0.462. The van der Waals surface area contributed by atoms with E-state index >= 15 is 0 Å². The van der Waals surface area contributed by atoms with E-state index in [0.717, 1.165) is 30.4 Å². The third kappa shape index (κ3) is 5.28. The summed E-state index contributed by atoms with van der Waals surface area (Å²) in [6, 6.07) is 21.6. The molecule has 4 aromatic rings. The molecule has 2 aromatic carbocycles. The summed E-state index contributed by atoms with van der Waals surface area (Å²) >= 11 is 0. The van der Waals surface area contributed by atoms with Gasteiger partial charge in [-0.3, -0.25) is 0 Å². The molecule has 3 N–H and O–H groups in total. The first kappa shape index (κ1) is 21.3. The Morgan fingerprint density at radius 1 is 0.909 bits per heavy atom. The highest BCUT2D eigenvalue weighted by Crippen LogP contribution is 2.26. The van der Waals surface area contributed by atoms with Gasteiger partial charge < -0.3 is 20.5 Å². The zero-order valence-corrected chi connectivity index (χ0v) is 19.2. The number of rotatable bonds is 8. The molecule has 0 radical (unpaired) electrons. The van der Waals surface area contributed by atoms with E-state index in [-0.39, 0.29) is 0 Å². The summed E-state index contributed by atoms with van der Waals surface area (Å²) in [5, 5.41) is 11.6. The molecule has 0 unspecified atom stereocenters. The van der Waals surface area contributed by atoms with Gasteiger partial charge in [-0.1, -0.05) is 49.6 Å². The molecule has 0 amide bonds. The molecule has 6 nitrogen and oxygen atoms in total. The van der Waals surface area contributed by atoms with Gasteiger partial charge in [0.05, 0.1) is 0 Å². The first-order valence-corrected chi connectivity index (χ1v) is 12.1. The first-order chi connectivity index (χ1) is 16.3. The molecule has 1 saturated carbocycles. The predicted octanol–water partition coefficient (Wildman–Crippen LogP) is 6.40. The van der Waals surface area contributed by atoms with Crippen molar-refractivity contribution in [2.45, 2.75) is 51.6 Å². The first-order valence-electron chi connectivity index (χ1n) is 12.1. The molecular formula is C27H32N6. The fourth-order valence-corrected chi connectivity index (χ4v) is 4.63. The molecule has 170 valence electrons. The predicted molar refractivity (Wildman–Crippen MR) is 137 cm³/mol. The van der Waals surface area contributed by atoms with Gasteiger partial charge in [-0.15, -0.1) is 0 Å². The van der Waals surface area contributed by atoms with Crippen molar-refractivity contribution in [3.8, 4) is 0 Å². The summed E-state index contributed by atoms with van der Waals surface area (Å²) < 4.78 is 2.28. The number of nitrogens with one attached hydrogen (secondary N) is 3. The number of benzene rings is 2. The number of fused-ring (bicyclic) bond motifs is 1. The van der Waals surface area contributed by atoms with Crippen LogP contribution in [0.3, 0.4) is 0 Å². The molecule has 0 saturated heterocycles. The summed E-state index contributed by atoms with van der Waals surface area (Å²) in [6.45, 7) is 3.76. The van der Waals surface area contributed by atoms with Crippen molar-refractivity contribution in [1.29, 1.82) is 0 Å². The van der Waals surface area contributed by atoms with E-state index in [1.807, 2.05) is 6.07 Å². The lowest BCUT2D eigenvalue weighted by Crippen LogP contribution is -2.23. The number of aromatic nitrogens is 3. The van der Waals surface area contributed by atoms with Crippen LogP contribution in [0.2, 0.25) is 0 Å². The van der Waals surface area contributed by atoms with Crippen molar-refractivity contribution in [3.05, 3.63) is 72.4 Å². The van der Waals surface area contributed by atoms with Crippen LogP contribution in [0.4, 0.5) is 23.3 Å². The summed E-state index contributed by atoms with van der Waals surface area (Å²) in [7, 11) is 0. The smallest absolute Gasteiger partial charge is 0.231 e. The number of hydrogen-bond acceptors (Lipinski definition) is 5. The average molecular weight is 441 g/mol. The third-order valence-electron chi connectivity index (χ3n) is 6.26. The summed E-state index contributed by atoms with van der Waals surface area (Å²) in [5.41, 5.74) is 3.49. The van der Waals surface area contributed by atoms with E-state index in [0.29, 0.717) is 12.0 Å². The lowest BCUT2D eigenvalue weighted by atomic mass is 9.95. The Labute approximate surface area is 195 Å². The van der Waals surface area contributed by atoms with Crippen LogP contribution in [0.5, 0.6) is 0 Å². The molecule has 0 spiro atoms. The van der Waals surface area contributed by atoms with Crippen LogP contribution < -0.4 is 16.0 Å². The minimum Gasteiger partial charge on any atom is -0.370 e. The van der Waals surface area contributed by atoms with Crippen molar-refractivity contribution in [2.75, 3.05) is 22.5 Å². The van der Waals surface area contributed by atoms with E-state index < -0.39 is 0 Å². The van der Waals surface area contributed by atoms with Gasteiger partial charge in [0.25, 0.3) is 0 Å². The monoisotopic (exact) mass is 440 g/mol. The topological polar surface area (TPSA) is 66.8 Å². The van der Waals surface area contributed by atoms with Crippen LogP contribution in [-0.4, -0.2) is 27.1 Å². The Kier molecular flexibility index (Phi) is 6.42. The molecular weight excluding hydrogens is 408 g/mol. The molecule has 1 aliphatic carbocycles. The molecule has 2 aromatic heterocycles. The van der Waals surface area contributed by atoms with Crippen LogP contribution in [-0.2, 0) is 6.54 Å². The molecule has 0 aliphatic heterocycles. The number of anilines is 4. The summed E-state index contributed by atoms with van der Waals surface area (Å²) in [4.78, 5) is 9.44. The molecule has 33 heavy (non-hydrogen) atoms. The minimum atomic E-state index is 0.497. The fourth-order valence-electron chi connectivity index (χ4n) is 4.63. The van der Waals surface area contributed by atoms with Gasteiger partial charge >= 0.3 is 0 Å². The molecule has 1 fully saturated rings. The second kappa shape index (κ2) is 9.94. The highest BCUT2D eigenvalue weighted by molar-refractivity contribution is 5.84. The minimum absolute atomic E-state index is 0.497. The van der Waals surface area contributed by atoms with Crippen LogP contribution in [0.15, 0.2) is 66.9 Å². The van der Waals surface area contributed by atoms with E-state index in [1.165, 1.54) is 48.6 Å². The Bertz CT molecular complexity index is 1190. The molecule has 1 aliphatic rings. The maximum absolute atomic E-state index is 4.77. The van der Waals surface area contributed by atoms with Crippen molar-refractivity contribution < 1.29 is 0 Å². The van der Waals surface area contributed by atoms with Gasteiger partial charge in [0.1, 0.15) is 11.6 Å². The zero-order valence-electron chi connectivity index (χ0n) is 19.2. The third-order valence-corrected chi connectivity index (χ3v) is 6.26. The van der Waals surface area contributed by atoms with E-state index in [2.05, 4.69) is 93.2 Å². The van der Waals surface area contributed by atoms with Crippen molar-refractivity contribution in [2.24, 2.45) is 0 Å². The molecule has 2 heterocycles. The largest absolute Gasteiger partial charge is 0.370 e. The van der Waals surface area contributed by atoms with E-state index in [4.69, 9.17) is 4.98 Å². The molecule has 0 atom stereocenters. The Morgan fingerprint density at radius 3 is 2.55 bits per heavy atom. The second-order valence-corrected chi connectivity index (χ2v) is 8.80. The fraction of sp³-hybridized carbons (Fsp3) is 0.333. The average Bonchev–Trinajstić information content (AvgIpc) is 3.22. The zero-order chi connectivity index (χ0) is 22.5. The maximum atomic E-state index is 4.77. The van der Waals surface area contributed by atoms with Crippen LogP contribution in [0.1, 0.15) is 44.6 Å². The van der Waals surface area contributed by atoms with Crippen molar-refractivity contribution >= 4 is 34.2 Å². The quantitative estimate of drug-likeness (QED) is 0.296. The van der Waals surface area contributed by atoms with Gasteiger partial charge in [-0.2, -0.15) is 9.97 Å². The van der Waals surface area contributed by atoms with Gasteiger partial charge in [-0.05, 0) is 49.6 Å². The summed E-state index contributed by atoms with van der Waals surface area (Å²) in [5.74, 6) is 2.32. The standard InChI is InChI=1S/C27H32N6/c1-2-28-25-18-26(29-22-11-7-4-8-12-22)32-27(31-25)30-23-13-14-24-21(17-23)15-16-33(24)19-20-9-5-3-6-10-20/h3,5-6,9-10,13-18,22H,2,4,7-8,11-12,19H2,1H3,(H3,28,29,30,31,32). The van der Waals surface area contributed by atoms with Gasteiger partial charge in [0.15, 0.2) is 0 Å². The van der Waals surface area contributed by atoms with Gasteiger partial charge in [-0.25, -0.2) is 0 Å². The normalized spacial score (nSPS) is 14.3. The van der Waals surface area contributed by atoms with E-state index in [9.17, 15) is 0 Å². The number of nitrogens with zero attached hydrogens (tertiary/aromatic N) is 3. The van der Waals surface area contributed by atoms with Crippen molar-refractivity contribution in [1.82, 2.24) is 14.5 Å². The Morgan fingerprint density at radius 2 is 1.73 bits per heavy atom. The maximum Gasteiger partial charge on any atom is 0.231 e.